The number of likely N-dealkylation sites (N-methyl/N-ethyl adjacent to an activating group) is 1. The number of hydrogen-bond donors (Lipinski definition) is 2. The van der Waals surface area contributed by atoms with Crippen LogP contribution in [0.5, 0.6) is 0 Å². The number of rotatable bonds is 4. The zero-order valence-corrected chi connectivity index (χ0v) is 9.57. The molecule has 0 bridgehead atoms. The van der Waals surface area contributed by atoms with Crippen LogP contribution in [0.25, 0.3) is 0 Å². The summed E-state index contributed by atoms with van der Waals surface area (Å²) >= 11 is 0. The normalized spacial score (nSPS) is 22.0. The van der Waals surface area contributed by atoms with Crippen LogP contribution in [0.1, 0.15) is 0 Å². The monoisotopic (exact) mass is 254 g/mol. The Bertz CT molecular complexity index is 337. The Labute approximate surface area is 93.3 Å². The van der Waals surface area contributed by atoms with E-state index in [1.165, 1.54) is 11.8 Å². The highest BCUT2D eigenvalue weighted by atomic mass is 32.2. The fourth-order valence-corrected chi connectivity index (χ4v) is 1.95. The number of nitrogens with zero attached hydrogens (tertiary/aromatic N) is 1. The minimum Gasteiger partial charge on any atom is -0.464 e. The second-order valence-electron chi connectivity index (χ2n) is 3.26. The molecule has 1 aliphatic rings. The first-order chi connectivity index (χ1) is 7.42. The van der Waals surface area contributed by atoms with Gasteiger partial charge in [-0.05, 0) is 0 Å². The van der Waals surface area contributed by atoms with Gasteiger partial charge in [0, 0.05) is 13.6 Å². The van der Waals surface area contributed by atoms with Crippen molar-refractivity contribution in [2.24, 2.45) is 0 Å². The van der Waals surface area contributed by atoms with Crippen molar-refractivity contribution in [1.29, 1.82) is 0 Å². The number of hydrogen-bond acceptors (Lipinski definition) is 5. The SMILES string of the molecule is CN(C[C@@H]1COCCO1)S(=O)(=O)NC(=O)O. The Morgan fingerprint density at radius 3 is 2.75 bits per heavy atom. The highest BCUT2D eigenvalue weighted by molar-refractivity contribution is 7.87. The molecule has 1 fully saturated rings. The van der Waals surface area contributed by atoms with E-state index in [-0.39, 0.29) is 12.6 Å². The maximum absolute atomic E-state index is 11.4. The van der Waals surface area contributed by atoms with E-state index in [1.807, 2.05) is 0 Å². The molecular weight excluding hydrogens is 240 g/mol. The van der Waals surface area contributed by atoms with Crippen LogP contribution in [0.15, 0.2) is 0 Å². The van der Waals surface area contributed by atoms with Crippen molar-refractivity contribution in [2.45, 2.75) is 6.10 Å². The van der Waals surface area contributed by atoms with Crippen LogP contribution in [0.4, 0.5) is 4.79 Å². The van der Waals surface area contributed by atoms with Crippen molar-refractivity contribution in [3.8, 4) is 0 Å². The van der Waals surface area contributed by atoms with Gasteiger partial charge in [0.25, 0.3) is 0 Å². The Kier molecular flexibility index (Phi) is 4.47. The van der Waals surface area contributed by atoms with E-state index in [2.05, 4.69) is 0 Å². The molecule has 0 saturated carbocycles. The summed E-state index contributed by atoms with van der Waals surface area (Å²) in [6.45, 7) is 1.24. The lowest BCUT2D eigenvalue weighted by molar-refractivity contribution is -0.0909. The number of nitrogens with one attached hydrogen (secondary N) is 1. The maximum atomic E-state index is 11.4. The molecule has 1 heterocycles. The third-order valence-electron chi connectivity index (χ3n) is 1.97. The zero-order valence-electron chi connectivity index (χ0n) is 8.75. The first kappa shape index (κ1) is 13.2. The van der Waals surface area contributed by atoms with Gasteiger partial charge in [-0.3, -0.25) is 0 Å². The molecule has 0 aromatic heterocycles. The molecule has 0 radical (unpaired) electrons. The molecule has 94 valence electrons. The van der Waals surface area contributed by atoms with Gasteiger partial charge < -0.3 is 14.6 Å². The third-order valence-corrected chi connectivity index (χ3v) is 3.37. The molecule has 0 unspecified atom stereocenters. The summed E-state index contributed by atoms with van der Waals surface area (Å²) in [6.07, 6.45) is -1.99. The number of carboxylic acid groups (broad SMARTS) is 1. The molecule has 1 rings (SSSR count). The van der Waals surface area contributed by atoms with Gasteiger partial charge in [-0.15, -0.1) is 0 Å². The molecule has 0 aromatic rings. The van der Waals surface area contributed by atoms with Gasteiger partial charge in [-0.2, -0.15) is 12.7 Å². The van der Waals surface area contributed by atoms with Gasteiger partial charge in [-0.25, -0.2) is 9.52 Å². The number of carbonyl (C=O) groups is 1. The molecule has 16 heavy (non-hydrogen) atoms. The van der Waals surface area contributed by atoms with Crippen molar-refractivity contribution in [3.05, 3.63) is 0 Å². The highest BCUT2D eigenvalue weighted by Gasteiger charge is 2.25. The summed E-state index contributed by atoms with van der Waals surface area (Å²) in [5.74, 6) is 0. The van der Waals surface area contributed by atoms with Crippen molar-refractivity contribution in [1.82, 2.24) is 9.03 Å². The highest BCUT2D eigenvalue weighted by Crippen LogP contribution is 2.04. The molecule has 0 spiro atoms. The third kappa shape index (κ3) is 3.93. The summed E-state index contributed by atoms with van der Waals surface area (Å²) in [5, 5.41) is 8.33. The van der Waals surface area contributed by atoms with E-state index < -0.39 is 16.3 Å². The Balaban J connectivity index is 2.49. The minimum atomic E-state index is -4.01. The Hall–Kier alpha value is -0.900. The van der Waals surface area contributed by atoms with Crippen LogP contribution in [-0.2, 0) is 19.7 Å². The molecule has 0 aromatic carbocycles. The summed E-state index contributed by atoms with van der Waals surface area (Å²) in [4.78, 5) is 10.2. The summed E-state index contributed by atoms with van der Waals surface area (Å²) in [6, 6.07) is 0. The molecule has 1 atom stereocenters. The summed E-state index contributed by atoms with van der Waals surface area (Å²) in [5.41, 5.74) is 0. The Morgan fingerprint density at radius 2 is 2.25 bits per heavy atom. The maximum Gasteiger partial charge on any atom is 0.419 e. The van der Waals surface area contributed by atoms with Crippen LogP contribution < -0.4 is 4.72 Å². The lowest BCUT2D eigenvalue weighted by Crippen LogP contribution is -2.46. The van der Waals surface area contributed by atoms with Gasteiger partial charge >= 0.3 is 16.3 Å². The molecule has 0 aliphatic carbocycles. The van der Waals surface area contributed by atoms with Crippen molar-refractivity contribution < 1.29 is 27.8 Å². The smallest absolute Gasteiger partial charge is 0.419 e. The van der Waals surface area contributed by atoms with Gasteiger partial charge in [-0.1, -0.05) is 0 Å². The van der Waals surface area contributed by atoms with E-state index in [4.69, 9.17) is 14.6 Å². The standard InChI is InChI=1S/C7H14N2O6S/c1-9(16(12,13)8-7(10)11)4-6-5-14-2-3-15-6/h6,8H,2-5H2,1H3,(H,10,11)/t6-/m1/s1. The predicted molar refractivity (Wildman–Crippen MR) is 53.3 cm³/mol. The van der Waals surface area contributed by atoms with E-state index in [9.17, 15) is 13.2 Å². The van der Waals surface area contributed by atoms with E-state index >= 15 is 0 Å². The average molecular weight is 254 g/mol. The van der Waals surface area contributed by atoms with Crippen LogP contribution in [0.2, 0.25) is 0 Å². The summed E-state index contributed by atoms with van der Waals surface area (Å²) in [7, 11) is -2.74. The van der Waals surface area contributed by atoms with Gasteiger partial charge in [0.15, 0.2) is 0 Å². The van der Waals surface area contributed by atoms with E-state index in [0.29, 0.717) is 19.8 Å². The van der Waals surface area contributed by atoms with Gasteiger partial charge in [0.1, 0.15) is 0 Å². The summed E-state index contributed by atoms with van der Waals surface area (Å²) < 4.78 is 35.3. The minimum absolute atomic E-state index is 0.0443. The van der Waals surface area contributed by atoms with Gasteiger partial charge in [0.2, 0.25) is 0 Å². The van der Waals surface area contributed by atoms with Crippen molar-refractivity contribution >= 4 is 16.3 Å². The van der Waals surface area contributed by atoms with Gasteiger partial charge in [0.05, 0.1) is 25.9 Å². The lowest BCUT2D eigenvalue weighted by atomic mass is 10.3. The number of ether oxygens (including phenoxy) is 2. The molecule has 1 saturated heterocycles. The second kappa shape index (κ2) is 5.43. The molecule has 1 aliphatic heterocycles. The van der Waals surface area contributed by atoms with Crippen LogP contribution in [0, 0.1) is 0 Å². The topological polar surface area (TPSA) is 105 Å². The fourth-order valence-electron chi connectivity index (χ4n) is 1.22. The zero-order chi connectivity index (χ0) is 12.2. The van der Waals surface area contributed by atoms with E-state index in [1.54, 1.807) is 0 Å². The molecule has 1 amide bonds. The Morgan fingerprint density at radius 1 is 1.56 bits per heavy atom. The number of amides is 1. The average Bonchev–Trinajstić information content (AvgIpc) is 2.17. The lowest BCUT2D eigenvalue weighted by Gasteiger charge is -2.26. The second-order valence-corrected chi connectivity index (χ2v) is 5.04. The van der Waals surface area contributed by atoms with Crippen LogP contribution >= 0.6 is 0 Å². The first-order valence-electron chi connectivity index (χ1n) is 4.58. The quantitative estimate of drug-likeness (QED) is 0.656. The molecule has 9 heteroatoms. The molecule has 8 nitrogen and oxygen atoms in total. The molecular formula is C7H14N2O6S. The van der Waals surface area contributed by atoms with E-state index in [0.717, 1.165) is 4.31 Å². The van der Waals surface area contributed by atoms with Crippen molar-refractivity contribution in [3.63, 3.8) is 0 Å². The molecule has 2 N–H and O–H groups in total. The van der Waals surface area contributed by atoms with Crippen LogP contribution in [-0.4, -0.2) is 63.4 Å². The first-order valence-corrected chi connectivity index (χ1v) is 6.02. The van der Waals surface area contributed by atoms with Crippen LogP contribution in [0.3, 0.4) is 0 Å². The predicted octanol–water partition coefficient (Wildman–Crippen LogP) is -1.15. The van der Waals surface area contributed by atoms with Crippen molar-refractivity contribution in [2.75, 3.05) is 33.4 Å². The largest absolute Gasteiger partial charge is 0.464 e. The fraction of sp³-hybridized carbons (Fsp3) is 0.857.